The minimum Gasteiger partial charge on any atom is -0.207 e. The van der Waals surface area contributed by atoms with Crippen LogP contribution in [-0.2, 0) is 10.0 Å². The zero-order chi connectivity index (χ0) is 15.6. The summed E-state index contributed by atoms with van der Waals surface area (Å²) in [4.78, 5) is 0.0711. The van der Waals surface area contributed by atoms with Crippen molar-refractivity contribution < 1.29 is 12.8 Å². The van der Waals surface area contributed by atoms with Gasteiger partial charge in [-0.25, -0.2) is 17.5 Å². The average Bonchev–Trinajstić information content (AvgIpc) is 2.41. The van der Waals surface area contributed by atoms with Gasteiger partial charge in [0.05, 0.1) is 4.90 Å². The normalized spacial score (nSPS) is 13.1. The molecule has 0 fully saturated rings. The molecule has 3 nitrogen and oxygen atoms in total. The number of benzene rings is 2. The predicted octanol–water partition coefficient (Wildman–Crippen LogP) is 3.48. The third kappa shape index (κ3) is 3.49. The van der Waals surface area contributed by atoms with E-state index in [-0.39, 0.29) is 10.9 Å². The number of hydrogen-bond acceptors (Lipinski definition) is 2. The van der Waals surface area contributed by atoms with Crippen molar-refractivity contribution in [3.63, 3.8) is 0 Å². The van der Waals surface area contributed by atoms with E-state index < -0.39 is 15.8 Å². The minimum atomic E-state index is -3.68. The maximum atomic E-state index is 13.3. The van der Waals surface area contributed by atoms with Crippen molar-refractivity contribution in [1.82, 2.24) is 4.72 Å². The van der Waals surface area contributed by atoms with Gasteiger partial charge in [-0.05, 0) is 55.7 Å². The lowest BCUT2D eigenvalue weighted by molar-refractivity contribution is 0.565. The van der Waals surface area contributed by atoms with Gasteiger partial charge in [0.25, 0.3) is 0 Å². The Morgan fingerprint density at radius 3 is 2.33 bits per heavy atom. The molecule has 1 N–H and O–H groups in total. The summed E-state index contributed by atoms with van der Waals surface area (Å²) in [6, 6.07) is 11.0. The van der Waals surface area contributed by atoms with Gasteiger partial charge in [-0.2, -0.15) is 0 Å². The van der Waals surface area contributed by atoms with Crippen molar-refractivity contribution in [2.75, 3.05) is 0 Å². The molecule has 112 valence electrons. The van der Waals surface area contributed by atoms with Crippen LogP contribution >= 0.6 is 0 Å². The first-order valence-corrected chi connectivity index (χ1v) is 8.13. The highest BCUT2D eigenvalue weighted by atomic mass is 32.2. The van der Waals surface area contributed by atoms with Gasteiger partial charge in [-0.1, -0.05) is 24.3 Å². The summed E-state index contributed by atoms with van der Waals surface area (Å²) < 4.78 is 40.6. The lowest BCUT2D eigenvalue weighted by Crippen LogP contribution is -2.27. The molecule has 21 heavy (non-hydrogen) atoms. The minimum absolute atomic E-state index is 0.0711. The SMILES string of the molecule is Cc1cc(S(=O)(=O)N[C@@H](C)c2ccccc2C)ccc1F. The Morgan fingerprint density at radius 2 is 1.71 bits per heavy atom. The molecule has 2 aromatic carbocycles. The van der Waals surface area contributed by atoms with Crippen molar-refractivity contribution in [3.8, 4) is 0 Å². The van der Waals surface area contributed by atoms with E-state index in [2.05, 4.69) is 4.72 Å². The predicted molar refractivity (Wildman–Crippen MR) is 81.1 cm³/mol. The van der Waals surface area contributed by atoms with E-state index in [0.29, 0.717) is 5.56 Å². The molecule has 0 aliphatic carbocycles. The molecule has 0 saturated carbocycles. The van der Waals surface area contributed by atoms with E-state index >= 15 is 0 Å². The molecule has 5 heteroatoms. The van der Waals surface area contributed by atoms with Gasteiger partial charge >= 0.3 is 0 Å². The van der Waals surface area contributed by atoms with Crippen LogP contribution in [-0.4, -0.2) is 8.42 Å². The lowest BCUT2D eigenvalue weighted by Gasteiger charge is -2.17. The number of halogens is 1. The van der Waals surface area contributed by atoms with Crippen molar-refractivity contribution in [1.29, 1.82) is 0 Å². The van der Waals surface area contributed by atoms with Gasteiger partial charge in [0, 0.05) is 6.04 Å². The topological polar surface area (TPSA) is 46.2 Å². The zero-order valence-corrected chi connectivity index (χ0v) is 13.0. The fourth-order valence-electron chi connectivity index (χ4n) is 2.22. The molecule has 1 atom stereocenters. The molecule has 0 amide bonds. The monoisotopic (exact) mass is 307 g/mol. The molecule has 0 aromatic heterocycles. The largest absolute Gasteiger partial charge is 0.241 e. The Bertz CT molecular complexity index is 757. The highest BCUT2D eigenvalue weighted by Crippen LogP contribution is 2.21. The van der Waals surface area contributed by atoms with Crippen LogP contribution in [0.1, 0.15) is 29.7 Å². The molecular formula is C16H18FNO2S. The quantitative estimate of drug-likeness (QED) is 0.940. The maximum Gasteiger partial charge on any atom is 0.241 e. The lowest BCUT2D eigenvalue weighted by atomic mass is 10.0. The van der Waals surface area contributed by atoms with Gasteiger partial charge in [-0.3, -0.25) is 0 Å². The van der Waals surface area contributed by atoms with E-state index in [9.17, 15) is 12.8 Å². The van der Waals surface area contributed by atoms with E-state index in [1.165, 1.54) is 18.2 Å². The first-order valence-electron chi connectivity index (χ1n) is 6.65. The third-order valence-electron chi connectivity index (χ3n) is 3.43. The number of aryl methyl sites for hydroxylation is 2. The smallest absolute Gasteiger partial charge is 0.207 e. The standard InChI is InChI=1S/C16H18FNO2S/c1-11-6-4-5-7-15(11)13(3)18-21(19,20)14-8-9-16(17)12(2)10-14/h4-10,13,18H,1-3H3/t13-/m0/s1. The van der Waals surface area contributed by atoms with Crippen LogP contribution in [0.25, 0.3) is 0 Å². The molecular weight excluding hydrogens is 289 g/mol. The summed E-state index contributed by atoms with van der Waals surface area (Å²) in [6.07, 6.45) is 0. The molecule has 2 aromatic rings. The Morgan fingerprint density at radius 1 is 1.05 bits per heavy atom. The second-order valence-electron chi connectivity index (χ2n) is 5.11. The highest BCUT2D eigenvalue weighted by molar-refractivity contribution is 7.89. The highest BCUT2D eigenvalue weighted by Gasteiger charge is 2.19. The van der Waals surface area contributed by atoms with Crippen LogP contribution in [0.4, 0.5) is 4.39 Å². The summed E-state index contributed by atoms with van der Waals surface area (Å²) in [5.74, 6) is -0.416. The van der Waals surface area contributed by atoms with Crippen molar-refractivity contribution >= 4 is 10.0 Å². The van der Waals surface area contributed by atoms with Crippen molar-refractivity contribution in [2.24, 2.45) is 0 Å². The fraction of sp³-hybridized carbons (Fsp3) is 0.250. The number of nitrogens with one attached hydrogen (secondary N) is 1. The van der Waals surface area contributed by atoms with Gasteiger partial charge in [0.1, 0.15) is 5.82 Å². The van der Waals surface area contributed by atoms with Crippen molar-refractivity contribution in [2.45, 2.75) is 31.7 Å². The summed E-state index contributed by atoms with van der Waals surface area (Å²) in [7, 11) is -3.68. The molecule has 0 bridgehead atoms. The van der Waals surface area contributed by atoms with Gasteiger partial charge in [0.2, 0.25) is 10.0 Å². The van der Waals surface area contributed by atoms with Crippen LogP contribution in [0, 0.1) is 19.7 Å². The summed E-state index contributed by atoms with van der Waals surface area (Å²) in [5.41, 5.74) is 2.24. The van der Waals surface area contributed by atoms with Crippen LogP contribution < -0.4 is 4.72 Å². The maximum absolute atomic E-state index is 13.3. The molecule has 0 aliphatic rings. The summed E-state index contributed by atoms with van der Waals surface area (Å²) in [6.45, 7) is 5.26. The number of rotatable bonds is 4. The fourth-order valence-corrected chi connectivity index (χ4v) is 3.53. The first kappa shape index (κ1) is 15.7. The number of sulfonamides is 1. The molecule has 0 aliphatic heterocycles. The Labute approximate surface area is 124 Å². The van der Waals surface area contributed by atoms with E-state index in [0.717, 1.165) is 11.1 Å². The van der Waals surface area contributed by atoms with Crippen LogP contribution in [0.15, 0.2) is 47.4 Å². The third-order valence-corrected chi connectivity index (χ3v) is 4.96. The zero-order valence-electron chi connectivity index (χ0n) is 12.2. The molecule has 0 spiro atoms. The molecule has 0 unspecified atom stereocenters. The Hall–Kier alpha value is -1.72. The molecule has 0 radical (unpaired) electrons. The van der Waals surface area contributed by atoms with Crippen LogP contribution in [0.5, 0.6) is 0 Å². The van der Waals surface area contributed by atoms with Crippen molar-refractivity contribution in [3.05, 3.63) is 65.0 Å². The van der Waals surface area contributed by atoms with E-state index in [1.54, 1.807) is 13.8 Å². The average molecular weight is 307 g/mol. The second-order valence-corrected chi connectivity index (χ2v) is 6.82. The van der Waals surface area contributed by atoms with Gasteiger partial charge in [-0.15, -0.1) is 0 Å². The van der Waals surface area contributed by atoms with E-state index in [4.69, 9.17) is 0 Å². The first-order chi connectivity index (χ1) is 9.81. The molecule has 2 rings (SSSR count). The Balaban J connectivity index is 2.29. The van der Waals surface area contributed by atoms with Gasteiger partial charge < -0.3 is 0 Å². The van der Waals surface area contributed by atoms with Gasteiger partial charge in [0.15, 0.2) is 0 Å². The van der Waals surface area contributed by atoms with E-state index in [1.807, 2.05) is 31.2 Å². The number of hydrogen-bond donors (Lipinski definition) is 1. The molecule has 0 saturated heterocycles. The summed E-state index contributed by atoms with van der Waals surface area (Å²) in [5, 5.41) is 0. The summed E-state index contributed by atoms with van der Waals surface area (Å²) >= 11 is 0. The second kappa shape index (κ2) is 5.95. The Kier molecular flexibility index (Phi) is 4.44. The molecule has 0 heterocycles. The van der Waals surface area contributed by atoms with Crippen LogP contribution in [0.2, 0.25) is 0 Å². The van der Waals surface area contributed by atoms with Crippen LogP contribution in [0.3, 0.4) is 0 Å².